The van der Waals surface area contributed by atoms with Crippen LogP contribution in [0.3, 0.4) is 0 Å². The van der Waals surface area contributed by atoms with Gasteiger partial charge in [0.05, 0.1) is 11.3 Å². The zero-order valence-corrected chi connectivity index (χ0v) is 10.5. The molecule has 0 saturated carbocycles. The molecule has 2 aliphatic rings. The molecule has 3 rings (SSSR count). The number of esters is 2. The fourth-order valence-electron chi connectivity index (χ4n) is 2.33. The second kappa shape index (κ2) is 4.08. The molecule has 0 spiro atoms. The summed E-state index contributed by atoms with van der Waals surface area (Å²) in [6.07, 6.45) is -6.09. The first kappa shape index (κ1) is 14.5. The third kappa shape index (κ3) is 1.63. The molecule has 2 heterocycles. The van der Waals surface area contributed by atoms with Crippen molar-refractivity contribution in [1.82, 2.24) is 0 Å². The molecule has 0 aliphatic carbocycles. The van der Waals surface area contributed by atoms with Gasteiger partial charge >= 0.3 is 29.9 Å². The molecule has 0 amide bonds. The van der Waals surface area contributed by atoms with Crippen molar-refractivity contribution in [3.63, 3.8) is 0 Å². The van der Waals surface area contributed by atoms with Crippen LogP contribution < -0.4 is 4.90 Å². The number of nitrogens with zero attached hydrogens (tertiary/aromatic N) is 1. The predicted octanol–water partition coefficient (Wildman–Crippen LogP) is 2.07. The number of halogens is 5. The first-order valence-corrected chi connectivity index (χ1v) is 5.86. The highest BCUT2D eigenvalue weighted by molar-refractivity contribution is 6.00. The third-order valence-electron chi connectivity index (χ3n) is 3.29. The van der Waals surface area contributed by atoms with Crippen LogP contribution >= 0.6 is 0 Å². The van der Waals surface area contributed by atoms with Crippen molar-refractivity contribution in [3.05, 3.63) is 29.8 Å². The number of ether oxygens (including phenoxy) is 2. The maximum Gasteiger partial charge on any atom is 0.464 e. The van der Waals surface area contributed by atoms with Gasteiger partial charge in [0.1, 0.15) is 6.54 Å². The number of hydrogen-bond donors (Lipinski definition) is 0. The summed E-state index contributed by atoms with van der Waals surface area (Å²) in [4.78, 5) is 23.4. The SMILES string of the molecule is O=C1CN2c3ccccc3C(=O)OC2(C(F)(F)C(F)(F)F)O1. The molecule has 2 aliphatic heterocycles. The van der Waals surface area contributed by atoms with Crippen LogP contribution in [0.15, 0.2) is 24.3 Å². The summed E-state index contributed by atoms with van der Waals surface area (Å²) in [7, 11) is 0. The molecule has 1 aromatic carbocycles. The lowest BCUT2D eigenvalue weighted by molar-refractivity contribution is -0.384. The van der Waals surface area contributed by atoms with Gasteiger partial charge < -0.3 is 9.47 Å². The second-order valence-corrected chi connectivity index (χ2v) is 4.62. The number of para-hydroxylation sites is 1. The Morgan fingerprint density at radius 3 is 2.32 bits per heavy atom. The van der Waals surface area contributed by atoms with Crippen molar-refractivity contribution < 1.29 is 41.0 Å². The van der Waals surface area contributed by atoms with E-state index in [0.29, 0.717) is 4.90 Å². The van der Waals surface area contributed by atoms with Crippen LogP contribution in [-0.2, 0) is 14.3 Å². The largest absolute Gasteiger partial charge is 0.464 e. The van der Waals surface area contributed by atoms with Gasteiger partial charge in [-0.3, -0.25) is 4.90 Å². The van der Waals surface area contributed by atoms with E-state index in [1.807, 2.05) is 0 Å². The Bertz CT molecular complexity index is 674. The van der Waals surface area contributed by atoms with Crippen molar-refractivity contribution in [2.45, 2.75) is 18.0 Å². The number of alkyl halides is 5. The maximum atomic E-state index is 13.9. The van der Waals surface area contributed by atoms with Crippen LogP contribution in [0.2, 0.25) is 0 Å². The van der Waals surface area contributed by atoms with Crippen LogP contribution in [0.1, 0.15) is 10.4 Å². The quantitative estimate of drug-likeness (QED) is 0.585. The average molecular weight is 323 g/mol. The molecule has 5 nitrogen and oxygen atoms in total. The summed E-state index contributed by atoms with van der Waals surface area (Å²) < 4.78 is 74.3. The summed E-state index contributed by atoms with van der Waals surface area (Å²) in [5.74, 6) is -12.3. The van der Waals surface area contributed by atoms with E-state index in [-0.39, 0.29) is 11.3 Å². The molecule has 1 unspecified atom stereocenters. The van der Waals surface area contributed by atoms with Crippen molar-refractivity contribution in [3.8, 4) is 0 Å². The van der Waals surface area contributed by atoms with E-state index in [9.17, 15) is 31.5 Å². The maximum absolute atomic E-state index is 13.9. The van der Waals surface area contributed by atoms with Crippen molar-refractivity contribution >= 4 is 17.6 Å². The zero-order chi connectivity index (χ0) is 16.3. The molecule has 1 saturated heterocycles. The summed E-state index contributed by atoms with van der Waals surface area (Å²) in [5, 5.41) is 0. The number of rotatable bonds is 1. The number of carbonyl (C=O) groups is 2. The molecule has 10 heteroatoms. The Kier molecular flexibility index (Phi) is 2.70. The van der Waals surface area contributed by atoms with Gasteiger partial charge in [0.15, 0.2) is 0 Å². The molecule has 1 aromatic rings. The Morgan fingerprint density at radius 1 is 1.05 bits per heavy atom. The molecule has 1 fully saturated rings. The van der Waals surface area contributed by atoms with Crippen LogP contribution in [0.5, 0.6) is 0 Å². The minimum atomic E-state index is -6.09. The number of anilines is 1. The first-order chi connectivity index (χ1) is 10.1. The van der Waals surface area contributed by atoms with Gasteiger partial charge in [0, 0.05) is 0 Å². The van der Waals surface area contributed by atoms with Crippen LogP contribution in [-0.4, -0.2) is 36.5 Å². The molecule has 0 aromatic heterocycles. The van der Waals surface area contributed by atoms with Crippen molar-refractivity contribution in [1.29, 1.82) is 0 Å². The van der Waals surface area contributed by atoms with Gasteiger partial charge in [-0.15, -0.1) is 0 Å². The smallest absolute Gasteiger partial charge is 0.397 e. The second-order valence-electron chi connectivity index (χ2n) is 4.62. The molecule has 22 heavy (non-hydrogen) atoms. The molecule has 0 radical (unpaired) electrons. The average Bonchev–Trinajstić information content (AvgIpc) is 2.76. The lowest BCUT2D eigenvalue weighted by Gasteiger charge is -2.43. The molecular weight excluding hydrogens is 317 g/mol. The minimum Gasteiger partial charge on any atom is -0.397 e. The molecule has 0 bridgehead atoms. The highest BCUT2D eigenvalue weighted by atomic mass is 19.4. The first-order valence-electron chi connectivity index (χ1n) is 5.86. The van der Waals surface area contributed by atoms with E-state index in [2.05, 4.69) is 9.47 Å². The highest BCUT2D eigenvalue weighted by Crippen LogP contribution is 2.53. The van der Waals surface area contributed by atoms with Crippen molar-refractivity contribution in [2.24, 2.45) is 0 Å². The van der Waals surface area contributed by atoms with Gasteiger partial charge in [0.2, 0.25) is 0 Å². The monoisotopic (exact) mass is 323 g/mol. The summed E-state index contributed by atoms with van der Waals surface area (Å²) in [6, 6.07) is 4.99. The zero-order valence-electron chi connectivity index (χ0n) is 10.5. The third-order valence-corrected chi connectivity index (χ3v) is 3.29. The van der Waals surface area contributed by atoms with Gasteiger partial charge in [-0.2, -0.15) is 22.0 Å². The van der Waals surface area contributed by atoms with Gasteiger partial charge in [-0.05, 0) is 12.1 Å². The molecule has 118 valence electrons. The van der Waals surface area contributed by atoms with E-state index < -0.39 is 36.5 Å². The van der Waals surface area contributed by atoms with Crippen LogP contribution in [0.25, 0.3) is 0 Å². The predicted molar refractivity (Wildman–Crippen MR) is 59.0 cm³/mol. The van der Waals surface area contributed by atoms with Gasteiger partial charge in [0.25, 0.3) is 0 Å². The fourth-order valence-corrected chi connectivity index (χ4v) is 2.33. The van der Waals surface area contributed by atoms with E-state index in [4.69, 9.17) is 0 Å². The minimum absolute atomic E-state index is 0.241. The highest BCUT2D eigenvalue weighted by Gasteiger charge is 2.81. The summed E-state index contributed by atoms with van der Waals surface area (Å²) in [5.41, 5.74) is -0.539. The lowest BCUT2D eigenvalue weighted by atomic mass is 10.1. The number of fused-ring (bicyclic) bond motifs is 3. The lowest BCUT2D eigenvalue weighted by Crippen LogP contribution is -2.68. The van der Waals surface area contributed by atoms with Gasteiger partial charge in [-0.25, -0.2) is 9.59 Å². The summed E-state index contributed by atoms with van der Waals surface area (Å²) >= 11 is 0. The van der Waals surface area contributed by atoms with Crippen LogP contribution in [0, 0.1) is 0 Å². The molecule has 0 N–H and O–H groups in total. The van der Waals surface area contributed by atoms with E-state index >= 15 is 0 Å². The Morgan fingerprint density at radius 2 is 1.68 bits per heavy atom. The van der Waals surface area contributed by atoms with E-state index in [1.165, 1.54) is 18.2 Å². The topological polar surface area (TPSA) is 55.8 Å². The number of benzene rings is 1. The normalized spacial score (nSPS) is 24.5. The molecule has 1 atom stereocenters. The number of carbonyl (C=O) groups excluding carboxylic acids is 2. The van der Waals surface area contributed by atoms with E-state index in [0.717, 1.165) is 6.07 Å². The van der Waals surface area contributed by atoms with Crippen LogP contribution in [0.4, 0.5) is 27.6 Å². The fraction of sp³-hybridized carbons (Fsp3) is 0.333. The number of hydrogen-bond acceptors (Lipinski definition) is 5. The molecular formula is C12H6F5NO4. The Hall–Kier alpha value is -2.39. The van der Waals surface area contributed by atoms with Gasteiger partial charge in [-0.1, -0.05) is 12.1 Å². The van der Waals surface area contributed by atoms with E-state index in [1.54, 1.807) is 0 Å². The standard InChI is InChI=1S/C12H6F5NO4/c13-10(14,11(15,16)17)12-18(5-8(19)21-12)7-4-2-1-3-6(7)9(20)22-12/h1-4H,5H2. The Labute approximate surface area is 119 Å². The van der Waals surface area contributed by atoms with Crippen molar-refractivity contribution in [2.75, 3.05) is 11.4 Å². The Balaban J connectivity index is 2.23. The summed E-state index contributed by atoms with van der Waals surface area (Å²) in [6.45, 7) is -0.907.